The molecule has 0 radical (unpaired) electrons. The summed E-state index contributed by atoms with van der Waals surface area (Å²) in [5, 5.41) is 16.9. The first-order chi connectivity index (χ1) is 11.4. The fraction of sp³-hybridized carbons (Fsp3) is 0.200. The second kappa shape index (κ2) is 9.55. The van der Waals surface area contributed by atoms with E-state index in [1.807, 2.05) is 0 Å². The van der Waals surface area contributed by atoms with Crippen LogP contribution >= 0.6 is 0 Å². The van der Waals surface area contributed by atoms with Crippen molar-refractivity contribution < 1.29 is 48.5 Å². The fourth-order valence-corrected chi connectivity index (χ4v) is 1.17. The van der Waals surface area contributed by atoms with E-state index in [0.29, 0.717) is 18.2 Å². The van der Waals surface area contributed by atoms with Crippen LogP contribution < -0.4 is 0 Å². The van der Waals surface area contributed by atoms with E-state index in [0.717, 1.165) is 20.8 Å². The van der Waals surface area contributed by atoms with Gasteiger partial charge in [0, 0.05) is 34.9 Å². The Kier molecular flexibility index (Phi) is 8.19. The van der Waals surface area contributed by atoms with Crippen molar-refractivity contribution in [2.45, 2.75) is 20.8 Å². The lowest BCUT2D eigenvalue weighted by Crippen LogP contribution is -2.17. The fourth-order valence-electron chi connectivity index (χ4n) is 1.17. The molecular formula is C15H14O10. The third kappa shape index (κ3) is 8.59. The lowest BCUT2D eigenvalue weighted by Gasteiger charge is -2.03. The van der Waals surface area contributed by atoms with Gasteiger partial charge in [-0.1, -0.05) is 0 Å². The zero-order chi connectivity index (χ0) is 19.7. The van der Waals surface area contributed by atoms with E-state index in [1.165, 1.54) is 0 Å². The summed E-state index contributed by atoms with van der Waals surface area (Å²) in [6, 6.07) is 0. The summed E-state index contributed by atoms with van der Waals surface area (Å²) in [4.78, 5) is 66.6. The number of aliphatic carboxylic acids is 2. The van der Waals surface area contributed by atoms with Gasteiger partial charge in [-0.25, -0.2) is 28.8 Å². The summed E-state index contributed by atoms with van der Waals surface area (Å²) >= 11 is 0. The Morgan fingerprint density at radius 2 is 0.920 bits per heavy atom. The Morgan fingerprint density at radius 1 is 0.600 bits per heavy atom. The number of hydrogen-bond donors (Lipinski definition) is 2. The number of esters is 4. The molecule has 0 saturated carbocycles. The maximum absolute atomic E-state index is 11.6. The molecule has 0 rings (SSSR count). The molecule has 0 heterocycles. The maximum Gasteiger partial charge on any atom is 0.341 e. The van der Waals surface area contributed by atoms with E-state index >= 15 is 0 Å². The topological polar surface area (TPSA) is 161 Å². The van der Waals surface area contributed by atoms with Gasteiger partial charge in [-0.15, -0.1) is 0 Å². The molecule has 0 bridgehead atoms. The zero-order valence-electron chi connectivity index (χ0n) is 13.4. The van der Waals surface area contributed by atoms with E-state index in [9.17, 15) is 28.8 Å². The molecule has 0 aromatic carbocycles. The molecule has 25 heavy (non-hydrogen) atoms. The molecule has 10 nitrogen and oxygen atoms in total. The first-order valence-electron chi connectivity index (χ1n) is 6.47. The van der Waals surface area contributed by atoms with Crippen LogP contribution in [0.25, 0.3) is 0 Å². The highest BCUT2D eigenvalue weighted by atomic mass is 16.6. The first-order valence-corrected chi connectivity index (χ1v) is 6.47. The highest BCUT2D eigenvalue weighted by molar-refractivity contribution is 6.07. The molecule has 0 saturated heterocycles. The number of ether oxygens (including phenoxy) is 2. The predicted octanol–water partition coefficient (Wildman–Crippen LogP) is 0.134. The summed E-state index contributed by atoms with van der Waals surface area (Å²) < 4.78 is 8.59. The average Bonchev–Trinajstić information content (AvgIpc) is 2.45. The van der Waals surface area contributed by atoms with Gasteiger partial charge in [0.2, 0.25) is 0 Å². The predicted molar refractivity (Wildman–Crippen MR) is 78.7 cm³/mol. The van der Waals surface area contributed by atoms with Crippen LogP contribution in [-0.2, 0) is 38.2 Å². The van der Waals surface area contributed by atoms with Crippen molar-refractivity contribution in [2.75, 3.05) is 0 Å². The molecule has 0 aliphatic rings. The molecule has 0 aliphatic heterocycles. The van der Waals surface area contributed by atoms with Crippen LogP contribution in [0.1, 0.15) is 20.8 Å². The van der Waals surface area contributed by atoms with Crippen molar-refractivity contribution in [3.8, 4) is 0 Å². The molecule has 10 heteroatoms. The van der Waals surface area contributed by atoms with Gasteiger partial charge in [0.15, 0.2) is 0 Å². The zero-order valence-corrected chi connectivity index (χ0v) is 13.4. The highest BCUT2D eigenvalue weighted by Gasteiger charge is 2.18. The molecule has 0 amide bonds. The third-order valence-corrected chi connectivity index (χ3v) is 2.36. The molecule has 0 aromatic rings. The summed E-state index contributed by atoms with van der Waals surface area (Å²) in [6.07, 6.45) is 1.60. The Labute approximate surface area is 141 Å². The van der Waals surface area contributed by atoms with E-state index in [1.54, 1.807) is 0 Å². The quantitative estimate of drug-likeness (QED) is 0.381. The second-order valence-corrected chi connectivity index (χ2v) is 4.54. The minimum atomic E-state index is -1.42. The third-order valence-electron chi connectivity index (χ3n) is 2.36. The number of carbonyl (C=O) groups is 6. The van der Waals surface area contributed by atoms with Crippen LogP contribution in [0, 0.1) is 0 Å². The van der Waals surface area contributed by atoms with E-state index in [-0.39, 0.29) is 11.1 Å². The van der Waals surface area contributed by atoms with E-state index in [2.05, 4.69) is 9.47 Å². The van der Waals surface area contributed by atoms with Crippen molar-refractivity contribution >= 4 is 35.8 Å². The molecule has 0 aromatic heterocycles. The highest BCUT2D eigenvalue weighted by Crippen LogP contribution is 2.04. The van der Waals surface area contributed by atoms with Crippen molar-refractivity contribution in [2.24, 2.45) is 0 Å². The first kappa shape index (κ1) is 21.4. The summed E-state index contributed by atoms with van der Waals surface area (Å²) in [5.74, 6) is -7.85. The lowest BCUT2D eigenvalue weighted by atomic mass is 10.2. The number of carboxylic acid groups (broad SMARTS) is 2. The van der Waals surface area contributed by atoms with Crippen LogP contribution in [0.5, 0.6) is 0 Å². The van der Waals surface area contributed by atoms with Gasteiger partial charge in [-0.05, 0) is 20.8 Å². The van der Waals surface area contributed by atoms with E-state index < -0.39 is 41.4 Å². The average molecular weight is 354 g/mol. The van der Waals surface area contributed by atoms with Gasteiger partial charge >= 0.3 is 35.8 Å². The maximum atomic E-state index is 11.6. The monoisotopic (exact) mass is 354 g/mol. The standard InChI is InChI=1S/C15H14O10/c1-7(4-10(16)17)13(21)24-12(20)6-9(3)15(23)25-14(22)8(2)5-11(18)19/h4-6H,1-3H3,(H,16,17)(H,18,19)/b7-4+,8-5+,9-6+. The van der Waals surface area contributed by atoms with Crippen LogP contribution in [-0.4, -0.2) is 46.0 Å². The smallest absolute Gasteiger partial charge is 0.341 e. The van der Waals surface area contributed by atoms with Crippen LogP contribution in [0.2, 0.25) is 0 Å². The van der Waals surface area contributed by atoms with Gasteiger partial charge in [0.25, 0.3) is 0 Å². The van der Waals surface area contributed by atoms with Gasteiger partial charge in [0.1, 0.15) is 0 Å². The number of carboxylic acids is 2. The van der Waals surface area contributed by atoms with Gasteiger partial charge in [0.05, 0.1) is 0 Å². The number of hydrogen-bond acceptors (Lipinski definition) is 8. The van der Waals surface area contributed by atoms with Crippen molar-refractivity contribution in [1.82, 2.24) is 0 Å². The van der Waals surface area contributed by atoms with Gasteiger partial charge < -0.3 is 19.7 Å². The second-order valence-electron chi connectivity index (χ2n) is 4.54. The minimum Gasteiger partial charge on any atom is -0.478 e. The van der Waals surface area contributed by atoms with Crippen LogP contribution in [0.3, 0.4) is 0 Å². The van der Waals surface area contributed by atoms with Gasteiger partial charge in [-0.2, -0.15) is 0 Å². The lowest BCUT2D eigenvalue weighted by molar-refractivity contribution is -0.156. The minimum absolute atomic E-state index is 0.360. The van der Waals surface area contributed by atoms with Crippen molar-refractivity contribution in [3.05, 3.63) is 34.9 Å². The molecule has 0 fully saturated rings. The molecule has 0 aliphatic carbocycles. The Morgan fingerprint density at radius 3 is 1.28 bits per heavy atom. The van der Waals surface area contributed by atoms with E-state index in [4.69, 9.17) is 10.2 Å². The Hall–Kier alpha value is -3.56. The largest absolute Gasteiger partial charge is 0.478 e. The van der Waals surface area contributed by atoms with Gasteiger partial charge in [-0.3, -0.25) is 0 Å². The molecule has 0 atom stereocenters. The van der Waals surface area contributed by atoms with Crippen LogP contribution in [0.15, 0.2) is 34.9 Å². The number of carbonyl (C=O) groups excluding carboxylic acids is 4. The van der Waals surface area contributed by atoms with Crippen LogP contribution in [0.4, 0.5) is 0 Å². The Bertz CT molecular complexity index is 721. The summed E-state index contributed by atoms with van der Waals surface area (Å²) in [5.41, 5.74) is -1.13. The molecule has 2 N–H and O–H groups in total. The van der Waals surface area contributed by atoms with Crippen molar-refractivity contribution in [3.63, 3.8) is 0 Å². The normalized spacial score (nSPS) is 12.2. The Balaban J connectivity index is 4.90. The molecule has 0 spiro atoms. The number of rotatable bonds is 6. The molecule has 0 unspecified atom stereocenters. The summed E-state index contributed by atoms with van der Waals surface area (Å²) in [6.45, 7) is 3.29. The SMILES string of the molecule is C/C(=C\C(=O)O)C(=O)OC(=O)/C=C(\C)C(=O)OC(=O)/C(C)=C/C(=O)O. The molecule has 134 valence electrons. The molecular weight excluding hydrogens is 340 g/mol. The van der Waals surface area contributed by atoms with Crippen molar-refractivity contribution in [1.29, 1.82) is 0 Å². The summed E-state index contributed by atoms with van der Waals surface area (Å²) in [7, 11) is 0.